The molecule has 0 spiro atoms. The zero-order chi connectivity index (χ0) is 13.8. The summed E-state index contributed by atoms with van der Waals surface area (Å²) in [6.07, 6.45) is -3.39. The molecule has 18 heavy (non-hydrogen) atoms. The number of hydrogen-bond donors (Lipinski definition) is 0. The quantitative estimate of drug-likeness (QED) is 0.740. The first-order valence-electron chi connectivity index (χ1n) is 5.66. The van der Waals surface area contributed by atoms with Gasteiger partial charge in [0.2, 0.25) is 0 Å². The smallest absolute Gasteiger partial charge is 0.293 e. The molecule has 0 aliphatic rings. The summed E-state index contributed by atoms with van der Waals surface area (Å²) in [5.74, 6) is 0.175. The summed E-state index contributed by atoms with van der Waals surface area (Å²) in [5, 5.41) is 0.378. The standard InChI is InChI=1S/C13H15F3OS/c1-3-9(2)18-8-12(17)10-4-6-11(7-5-10)13(14,15)16/h4-7,9H,3,8H2,1-2H3. The number of rotatable bonds is 5. The number of carbonyl (C=O) groups excluding carboxylic acids is 1. The van der Waals surface area contributed by atoms with Crippen LogP contribution in [0.15, 0.2) is 24.3 Å². The Morgan fingerprint density at radius 2 is 1.83 bits per heavy atom. The van der Waals surface area contributed by atoms with Crippen molar-refractivity contribution < 1.29 is 18.0 Å². The number of ketones is 1. The van der Waals surface area contributed by atoms with E-state index in [1.165, 1.54) is 23.9 Å². The molecule has 1 rings (SSSR count). The second-order valence-corrected chi connectivity index (χ2v) is 5.45. The molecule has 0 amide bonds. The van der Waals surface area contributed by atoms with Gasteiger partial charge in [-0.05, 0) is 18.6 Å². The first-order valence-corrected chi connectivity index (χ1v) is 6.71. The van der Waals surface area contributed by atoms with Gasteiger partial charge in [0.05, 0.1) is 11.3 Å². The van der Waals surface area contributed by atoms with Crippen molar-refractivity contribution in [2.75, 3.05) is 5.75 Å². The van der Waals surface area contributed by atoms with Crippen molar-refractivity contribution >= 4 is 17.5 Å². The van der Waals surface area contributed by atoms with Crippen molar-refractivity contribution in [3.05, 3.63) is 35.4 Å². The minimum atomic E-state index is -4.35. The fraction of sp³-hybridized carbons (Fsp3) is 0.462. The van der Waals surface area contributed by atoms with E-state index in [1.807, 2.05) is 13.8 Å². The van der Waals surface area contributed by atoms with Crippen molar-refractivity contribution in [2.24, 2.45) is 0 Å². The highest BCUT2D eigenvalue weighted by molar-refractivity contribution is 8.00. The molecular formula is C13H15F3OS. The van der Waals surface area contributed by atoms with E-state index in [0.717, 1.165) is 18.6 Å². The third kappa shape index (κ3) is 4.37. The molecule has 0 heterocycles. The molecule has 0 aliphatic heterocycles. The lowest BCUT2D eigenvalue weighted by molar-refractivity contribution is -0.137. The van der Waals surface area contributed by atoms with Gasteiger partial charge in [-0.15, -0.1) is 0 Å². The molecule has 0 aliphatic carbocycles. The number of Topliss-reactive ketones (excluding diaryl/α,β-unsaturated/α-hetero) is 1. The molecule has 1 aromatic carbocycles. The van der Waals surface area contributed by atoms with Crippen LogP contribution in [0.4, 0.5) is 13.2 Å². The van der Waals surface area contributed by atoms with Crippen LogP contribution >= 0.6 is 11.8 Å². The van der Waals surface area contributed by atoms with Gasteiger partial charge in [-0.25, -0.2) is 0 Å². The number of benzene rings is 1. The molecule has 5 heteroatoms. The SMILES string of the molecule is CCC(C)SCC(=O)c1ccc(C(F)(F)F)cc1. The van der Waals surface area contributed by atoms with Gasteiger partial charge >= 0.3 is 6.18 Å². The fourth-order valence-corrected chi connectivity index (χ4v) is 2.10. The zero-order valence-corrected chi connectivity index (χ0v) is 11.1. The normalized spacial score (nSPS) is 13.4. The van der Waals surface area contributed by atoms with Crippen LogP contribution < -0.4 is 0 Å². The van der Waals surface area contributed by atoms with Crippen LogP contribution in [0.1, 0.15) is 36.2 Å². The second-order valence-electron chi connectivity index (χ2n) is 4.03. The Morgan fingerprint density at radius 1 is 1.28 bits per heavy atom. The van der Waals surface area contributed by atoms with Crippen molar-refractivity contribution in [2.45, 2.75) is 31.7 Å². The Morgan fingerprint density at radius 3 is 2.28 bits per heavy atom. The summed E-state index contributed by atoms with van der Waals surface area (Å²) in [7, 11) is 0. The van der Waals surface area contributed by atoms with Gasteiger partial charge in [-0.2, -0.15) is 24.9 Å². The van der Waals surface area contributed by atoms with Crippen LogP contribution in [0.25, 0.3) is 0 Å². The van der Waals surface area contributed by atoms with Crippen molar-refractivity contribution in [3.8, 4) is 0 Å². The molecule has 0 aromatic heterocycles. The Balaban J connectivity index is 2.65. The molecule has 0 saturated heterocycles. The van der Waals surface area contributed by atoms with Gasteiger partial charge in [-0.3, -0.25) is 4.79 Å². The fourth-order valence-electron chi connectivity index (χ4n) is 1.26. The van der Waals surface area contributed by atoms with Crippen LogP contribution in [0.3, 0.4) is 0 Å². The predicted octanol–water partition coefficient (Wildman–Crippen LogP) is 4.42. The highest BCUT2D eigenvalue weighted by Crippen LogP contribution is 2.29. The van der Waals surface area contributed by atoms with Gasteiger partial charge in [0, 0.05) is 10.8 Å². The van der Waals surface area contributed by atoms with E-state index in [2.05, 4.69) is 0 Å². The Bertz CT molecular complexity index is 398. The molecule has 1 unspecified atom stereocenters. The highest BCUT2D eigenvalue weighted by atomic mass is 32.2. The molecule has 0 bridgehead atoms. The number of thioether (sulfide) groups is 1. The molecule has 1 aromatic rings. The van der Waals surface area contributed by atoms with E-state index >= 15 is 0 Å². The van der Waals surface area contributed by atoms with Crippen molar-refractivity contribution in [3.63, 3.8) is 0 Å². The summed E-state index contributed by atoms with van der Waals surface area (Å²) < 4.78 is 37.0. The summed E-state index contributed by atoms with van der Waals surface area (Å²) in [5.41, 5.74) is -0.396. The molecule has 0 N–H and O–H groups in total. The van der Waals surface area contributed by atoms with E-state index in [9.17, 15) is 18.0 Å². The van der Waals surface area contributed by atoms with Gasteiger partial charge in [0.25, 0.3) is 0 Å². The predicted molar refractivity (Wildman–Crippen MR) is 68.0 cm³/mol. The average Bonchev–Trinajstić information content (AvgIpc) is 2.34. The van der Waals surface area contributed by atoms with Crippen LogP contribution in [0.5, 0.6) is 0 Å². The first kappa shape index (κ1) is 15.1. The van der Waals surface area contributed by atoms with Gasteiger partial charge < -0.3 is 0 Å². The second kappa shape index (κ2) is 6.27. The molecule has 1 nitrogen and oxygen atoms in total. The monoisotopic (exact) mass is 276 g/mol. The topological polar surface area (TPSA) is 17.1 Å². The maximum atomic E-state index is 12.3. The Labute approximate surface area is 109 Å². The van der Waals surface area contributed by atoms with E-state index in [1.54, 1.807) is 0 Å². The lowest BCUT2D eigenvalue weighted by Gasteiger charge is -2.09. The molecular weight excluding hydrogens is 261 g/mol. The Hall–Kier alpha value is -0.970. The first-order chi connectivity index (χ1) is 8.34. The van der Waals surface area contributed by atoms with E-state index < -0.39 is 11.7 Å². The molecule has 0 fully saturated rings. The number of alkyl halides is 3. The van der Waals surface area contributed by atoms with Crippen LogP contribution in [0, 0.1) is 0 Å². The van der Waals surface area contributed by atoms with Crippen molar-refractivity contribution in [1.82, 2.24) is 0 Å². The maximum Gasteiger partial charge on any atom is 0.416 e. The average molecular weight is 276 g/mol. The van der Waals surface area contributed by atoms with Gasteiger partial charge in [0.1, 0.15) is 0 Å². The number of halogens is 3. The summed E-state index contributed by atoms with van der Waals surface area (Å²) >= 11 is 1.52. The maximum absolute atomic E-state index is 12.3. The van der Waals surface area contributed by atoms with Gasteiger partial charge in [-0.1, -0.05) is 26.0 Å². The van der Waals surface area contributed by atoms with Crippen molar-refractivity contribution in [1.29, 1.82) is 0 Å². The largest absolute Gasteiger partial charge is 0.416 e. The van der Waals surface area contributed by atoms with Crippen LogP contribution in [-0.2, 0) is 6.18 Å². The zero-order valence-electron chi connectivity index (χ0n) is 10.3. The summed E-state index contributed by atoms with van der Waals surface area (Å²) in [6.45, 7) is 4.05. The highest BCUT2D eigenvalue weighted by Gasteiger charge is 2.30. The van der Waals surface area contributed by atoms with E-state index in [0.29, 0.717) is 16.6 Å². The molecule has 100 valence electrons. The number of carbonyl (C=O) groups is 1. The number of hydrogen-bond acceptors (Lipinski definition) is 2. The minimum Gasteiger partial charge on any atom is -0.293 e. The minimum absolute atomic E-state index is 0.131. The molecule has 1 atom stereocenters. The Kier molecular flexibility index (Phi) is 5.26. The molecule has 0 saturated carbocycles. The van der Waals surface area contributed by atoms with Crippen LogP contribution in [-0.4, -0.2) is 16.8 Å². The third-order valence-electron chi connectivity index (χ3n) is 2.61. The van der Waals surface area contributed by atoms with E-state index in [4.69, 9.17) is 0 Å². The lowest BCUT2D eigenvalue weighted by atomic mass is 10.1. The lowest BCUT2D eigenvalue weighted by Crippen LogP contribution is -2.08. The van der Waals surface area contributed by atoms with Gasteiger partial charge in [0.15, 0.2) is 5.78 Å². The third-order valence-corrected chi connectivity index (χ3v) is 3.94. The van der Waals surface area contributed by atoms with E-state index in [-0.39, 0.29) is 5.78 Å². The summed E-state index contributed by atoms with van der Waals surface area (Å²) in [6, 6.07) is 4.37. The summed E-state index contributed by atoms with van der Waals surface area (Å²) in [4.78, 5) is 11.7. The molecule has 0 radical (unpaired) electrons. The van der Waals surface area contributed by atoms with Crippen LogP contribution in [0.2, 0.25) is 0 Å².